The van der Waals surface area contributed by atoms with Gasteiger partial charge in [-0.15, -0.1) is 11.3 Å². The monoisotopic (exact) mass is 662 g/mol. The minimum atomic E-state index is -1.19. The molecule has 46 heavy (non-hydrogen) atoms. The Hall–Kier alpha value is -3.26. The van der Waals surface area contributed by atoms with Crippen LogP contribution in [0.25, 0.3) is 16.6 Å². The second kappa shape index (κ2) is 14.7. The Morgan fingerprint density at radius 3 is 2.72 bits per heavy atom. The van der Waals surface area contributed by atoms with Gasteiger partial charge in [-0.2, -0.15) is 4.98 Å². The molecule has 0 spiro atoms. The molecule has 6 rings (SSSR count). The summed E-state index contributed by atoms with van der Waals surface area (Å²) in [6, 6.07) is 11.5. The average Bonchev–Trinajstić information content (AvgIpc) is 3.70. The van der Waals surface area contributed by atoms with E-state index in [1.54, 1.807) is 10.8 Å². The summed E-state index contributed by atoms with van der Waals surface area (Å²) < 4.78 is 26.7. The minimum Gasteiger partial charge on any atom is -0.611 e. The number of allylic oxidation sites excluding steroid dienone is 1. The van der Waals surface area contributed by atoms with Crippen LogP contribution in [0, 0.1) is 5.92 Å². The van der Waals surface area contributed by atoms with Crippen LogP contribution in [0.5, 0.6) is 5.75 Å². The lowest BCUT2D eigenvalue weighted by atomic mass is 9.88. The summed E-state index contributed by atoms with van der Waals surface area (Å²) in [6.45, 7) is 8.62. The van der Waals surface area contributed by atoms with Gasteiger partial charge in [0, 0.05) is 61.7 Å². The molecule has 2 unspecified atom stereocenters. The van der Waals surface area contributed by atoms with E-state index in [4.69, 9.17) is 14.5 Å². The van der Waals surface area contributed by atoms with E-state index >= 15 is 0 Å². The molecule has 1 aromatic carbocycles. The number of likely N-dealkylation sites (N-methyl/N-ethyl adjacent to an activating group) is 1. The standard InChI is InChI=1S/C34H42N6O4S2/c1-23(24-10-15-43-16-11-24)29-19-25-20-35-34(36-26-5-7-27(8-6-26)44-28-9-13-39(4)21-28)37-32(25)40(33(29)41)22-30-31(12-17-45-30)46(42)18-14-38(2)3/h5-8,12,17,19-20,24,28H,1,9-11,13-16,18,21-22H2,2-4H3,(H,35,36,37). The minimum absolute atomic E-state index is 0.161. The predicted octanol–water partition coefficient (Wildman–Crippen LogP) is 4.84. The number of nitrogens with one attached hydrogen (secondary N) is 1. The third-order valence-electron chi connectivity index (χ3n) is 8.62. The molecular formula is C34H42N6O4S2. The molecule has 3 aromatic heterocycles. The van der Waals surface area contributed by atoms with Crippen molar-refractivity contribution in [2.24, 2.45) is 5.92 Å². The van der Waals surface area contributed by atoms with Gasteiger partial charge in [0.2, 0.25) is 5.95 Å². The van der Waals surface area contributed by atoms with Crippen molar-refractivity contribution in [1.29, 1.82) is 0 Å². The second-order valence-corrected chi connectivity index (χ2v) is 14.9. The van der Waals surface area contributed by atoms with Crippen molar-refractivity contribution in [3.63, 3.8) is 0 Å². The predicted molar refractivity (Wildman–Crippen MR) is 186 cm³/mol. The summed E-state index contributed by atoms with van der Waals surface area (Å²) in [6.07, 6.45) is 4.63. The van der Waals surface area contributed by atoms with Gasteiger partial charge >= 0.3 is 0 Å². The Balaban J connectivity index is 1.31. The number of pyridine rings is 1. The molecule has 10 nitrogen and oxygen atoms in total. The van der Waals surface area contributed by atoms with Gasteiger partial charge in [0.15, 0.2) is 4.90 Å². The fraction of sp³-hybridized carbons (Fsp3) is 0.441. The smallest absolute Gasteiger partial charge is 0.260 e. The van der Waals surface area contributed by atoms with Gasteiger partial charge in [-0.25, -0.2) is 4.98 Å². The molecule has 2 atom stereocenters. The van der Waals surface area contributed by atoms with Crippen LogP contribution in [0.15, 0.2) is 64.2 Å². The first-order valence-electron chi connectivity index (χ1n) is 15.7. The number of thiophene rings is 1. The van der Waals surface area contributed by atoms with E-state index in [2.05, 4.69) is 28.8 Å². The zero-order valence-electron chi connectivity index (χ0n) is 26.7. The SMILES string of the molecule is C=C(c1cc2cnc(Nc3ccc(OC4CCN(C)C4)cc3)nc2n(Cc2sccc2[S+]([O-])CCN(C)C)c1=O)C1CCOCC1. The molecular weight excluding hydrogens is 621 g/mol. The van der Waals surface area contributed by atoms with Crippen LogP contribution >= 0.6 is 11.3 Å². The van der Waals surface area contributed by atoms with Gasteiger partial charge in [-0.1, -0.05) is 6.58 Å². The second-order valence-electron chi connectivity index (χ2n) is 12.3. The van der Waals surface area contributed by atoms with Crippen molar-refractivity contribution in [2.75, 3.05) is 65.1 Å². The normalized spacial score (nSPS) is 18.3. The van der Waals surface area contributed by atoms with Crippen LogP contribution in [0.1, 0.15) is 29.7 Å². The maximum absolute atomic E-state index is 14.3. The summed E-state index contributed by atoms with van der Waals surface area (Å²) in [5, 5.41) is 5.97. The lowest BCUT2D eigenvalue weighted by Gasteiger charge is -2.24. The molecule has 2 fully saturated rings. The van der Waals surface area contributed by atoms with Crippen molar-refractivity contribution < 1.29 is 14.0 Å². The van der Waals surface area contributed by atoms with Gasteiger partial charge in [-0.3, -0.25) is 9.36 Å². The number of benzene rings is 1. The zero-order valence-corrected chi connectivity index (χ0v) is 28.4. The number of anilines is 2. The molecule has 2 saturated heterocycles. The summed E-state index contributed by atoms with van der Waals surface area (Å²) >= 11 is 0.318. The van der Waals surface area contributed by atoms with Crippen molar-refractivity contribution in [2.45, 2.75) is 36.8 Å². The highest BCUT2D eigenvalue weighted by Gasteiger charge is 2.25. The molecule has 2 aliphatic rings. The van der Waals surface area contributed by atoms with Crippen LogP contribution in [-0.2, 0) is 22.5 Å². The highest BCUT2D eigenvalue weighted by Crippen LogP contribution is 2.31. The van der Waals surface area contributed by atoms with Crippen LogP contribution < -0.4 is 15.6 Å². The van der Waals surface area contributed by atoms with E-state index in [1.165, 1.54) is 11.3 Å². The number of nitrogens with zero attached hydrogens (tertiary/aromatic N) is 5. The van der Waals surface area contributed by atoms with E-state index in [9.17, 15) is 9.35 Å². The first kappa shape index (κ1) is 32.7. The largest absolute Gasteiger partial charge is 0.611 e. The number of hydrogen-bond acceptors (Lipinski definition) is 10. The number of likely N-dealkylation sites (tertiary alicyclic amines) is 1. The summed E-state index contributed by atoms with van der Waals surface area (Å²) in [7, 11) is 6.05. The first-order valence-corrected chi connectivity index (χ1v) is 17.9. The Labute approximate surface area is 277 Å². The highest BCUT2D eigenvalue weighted by molar-refractivity contribution is 7.91. The molecule has 12 heteroatoms. The van der Waals surface area contributed by atoms with Gasteiger partial charge in [-0.05, 0) is 98.8 Å². The third-order valence-corrected chi connectivity index (χ3v) is 11.1. The van der Waals surface area contributed by atoms with E-state index in [0.29, 0.717) is 42.7 Å². The van der Waals surface area contributed by atoms with Crippen molar-refractivity contribution >= 4 is 50.8 Å². The molecule has 0 bridgehead atoms. The average molecular weight is 663 g/mol. The van der Waals surface area contributed by atoms with Crippen LogP contribution in [0.4, 0.5) is 11.6 Å². The topological polar surface area (TPSA) is 108 Å². The summed E-state index contributed by atoms with van der Waals surface area (Å²) in [5.41, 5.74) is 2.55. The molecule has 0 amide bonds. The third kappa shape index (κ3) is 7.64. The number of aromatic nitrogens is 3. The maximum Gasteiger partial charge on any atom is 0.260 e. The van der Waals surface area contributed by atoms with E-state index in [-0.39, 0.29) is 24.1 Å². The fourth-order valence-electron chi connectivity index (χ4n) is 5.96. The molecule has 2 aliphatic heterocycles. The van der Waals surface area contributed by atoms with Gasteiger partial charge in [0.1, 0.15) is 23.3 Å². The lowest BCUT2D eigenvalue weighted by molar-refractivity contribution is 0.0808. The van der Waals surface area contributed by atoms with Gasteiger partial charge in [0.05, 0.1) is 11.4 Å². The zero-order chi connectivity index (χ0) is 32.2. The Morgan fingerprint density at radius 2 is 2.00 bits per heavy atom. The van der Waals surface area contributed by atoms with Gasteiger partial charge in [0.25, 0.3) is 5.56 Å². The number of fused-ring (bicyclic) bond motifs is 1. The fourth-order valence-corrected chi connectivity index (χ4v) is 8.51. The highest BCUT2D eigenvalue weighted by atomic mass is 32.2. The Bertz CT molecular complexity index is 1720. The van der Waals surface area contributed by atoms with E-state index < -0.39 is 11.2 Å². The summed E-state index contributed by atoms with van der Waals surface area (Å²) in [5.74, 6) is 1.89. The molecule has 0 saturated carbocycles. The van der Waals surface area contributed by atoms with E-state index in [0.717, 1.165) is 64.5 Å². The maximum atomic E-state index is 14.3. The number of ether oxygens (including phenoxy) is 2. The van der Waals surface area contributed by atoms with E-state index in [1.807, 2.05) is 60.8 Å². The molecule has 244 valence electrons. The molecule has 4 aromatic rings. The van der Waals surface area contributed by atoms with Crippen molar-refractivity contribution in [3.05, 3.63) is 75.3 Å². The van der Waals surface area contributed by atoms with Crippen LogP contribution in [0.2, 0.25) is 0 Å². The molecule has 1 N–H and O–H groups in total. The van der Waals surface area contributed by atoms with Crippen LogP contribution in [0.3, 0.4) is 0 Å². The van der Waals surface area contributed by atoms with Gasteiger partial charge < -0.3 is 29.1 Å². The van der Waals surface area contributed by atoms with Crippen molar-refractivity contribution in [1.82, 2.24) is 24.3 Å². The quantitative estimate of drug-likeness (QED) is 0.213. The number of rotatable bonds is 12. The molecule has 0 radical (unpaired) electrons. The molecule has 5 heterocycles. The Morgan fingerprint density at radius 1 is 1.22 bits per heavy atom. The van der Waals surface area contributed by atoms with Crippen LogP contribution in [-0.4, -0.2) is 94.7 Å². The number of hydrogen-bond donors (Lipinski definition) is 1. The molecule has 0 aliphatic carbocycles. The Kier molecular flexibility index (Phi) is 10.4. The lowest BCUT2D eigenvalue weighted by Crippen LogP contribution is -2.28. The summed E-state index contributed by atoms with van der Waals surface area (Å²) in [4.78, 5) is 29.6. The van der Waals surface area contributed by atoms with Crippen molar-refractivity contribution in [3.8, 4) is 5.75 Å². The first-order chi connectivity index (χ1) is 22.2.